The summed E-state index contributed by atoms with van der Waals surface area (Å²) in [5.41, 5.74) is 5.87. The molecular weight excluding hydrogens is 251 g/mol. The van der Waals surface area contributed by atoms with Crippen LogP contribution in [0.2, 0.25) is 0 Å². The van der Waals surface area contributed by atoms with Gasteiger partial charge in [-0.15, -0.1) is 0 Å². The Balaban J connectivity index is 2.26. The lowest BCUT2D eigenvalue weighted by Gasteiger charge is -2.35. The lowest BCUT2D eigenvalue weighted by atomic mass is 9.72. The highest BCUT2D eigenvalue weighted by Gasteiger charge is 2.31. The highest BCUT2D eigenvalue weighted by atomic mass is 19.1. The third-order valence-corrected chi connectivity index (χ3v) is 4.10. The summed E-state index contributed by atoms with van der Waals surface area (Å²) in [5.74, 6) is -1.60. The van der Waals surface area contributed by atoms with E-state index in [1.165, 1.54) is 0 Å². The largest absolute Gasteiger partial charge is 0.324 e. The summed E-state index contributed by atoms with van der Waals surface area (Å²) < 4.78 is 40.4. The number of hydrogen-bond acceptors (Lipinski definition) is 1. The van der Waals surface area contributed by atoms with Gasteiger partial charge in [-0.25, -0.2) is 13.2 Å². The molecule has 1 aliphatic rings. The van der Waals surface area contributed by atoms with Crippen molar-refractivity contribution in [2.75, 3.05) is 0 Å². The Labute approximate surface area is 112 Å². The zero-order chi connectivity index (χ0) is 14.2. The Morgan fingerprint density at radius 1 is 1.00 bits per heavy atom. The fourth-order valence-electron chi connectivity index (χ4n) is 3.41. The number of halogens is 3. The molecule has 19 heavy (non-hydrogen) atoms. The molecule has 0 aliphatic heterocycles. The maximum atomic E-state index is 13.8. The summed E-state index contributed by atoms with van der Waals surface area (Å²) in [6.07, 6.45) is 2.85. The van der Waals surface area contributed by atoms with E-state index in [1.807, 2.05) is 0 Å². The van der Waals surface area contributed by atoms with Gasteiger partial charge in [0.1, 0.15) is 17.5 Å². The predicted molar refractivity (Wildman–Crippen MR) is 68.9 cm³/mol. The maximum absolute atomic E-state index is 13.8. The summed E-state index contributed by atoms with van der Waals surface area (Å²) in [5, 5.41) is 0. The molecule has 1 aromatic rings. The van der Waals surface area contributed by atoms with Gasteiger partial charge in [0.25, 0.3) is 0 Å². The predicted octanol–water partition coefficient (Wildman–Crippen LogP) is 4.18. The summed E-state index contributed by atoms with van der Waals surface area (Å²) in [6, 6.07) is 0.702. The van der Waals surface area contributed by atoms with E-state index in [4.69, 9.17) is 5.73 Å². The molecule has 3 atom stereocenters. The van der Waals surface area contributed by atoms with Gasteiger partial charge >= 0.3 is 0 Å². The molecule has 2 N–H and O–H groups in total. The van der Waals surface area contributed by atoms with E-state index in [0.717, 1.165) is 19.3 Å². The average Bonchev–Trinajstić information content (AvgIpc) is 2.25. The molecule has 2 rings (SSSR count). The number of rotatable bonds is 2. The number of benzene rings is 1. The Hall–Kier alpha value is -1.03. The highest BCUT2D eigenvalue weighted by Crippen LogP contribution is 2.39. The molecule has 106 valence electrons. The molecule has 1 aromatic carbocycles. The van der Waals surface area contributed by atoms with Crippen molar-refractivity contribution in [3.63, 3.8) is 0 Å². The van der Waals surface area contributed by atoms with Crippen LogP contribution in [0.1, 0.15) is 44.7 Å². The molecule has 1 nitrogen and oxygen atoms in total. The van der Waals surface area contributed by atoms with E-state index in [0.29, 0.717) is 24.0 Å². The minimum atomic E-state index is -0.906. The van der Waals surface area contributed by atoms with Crippen LogP contribution >= 0.6 is 0 Å². The van der Waals surface area contributed by atoms with Crippen molar-refractivity contribution < 1.29 is 13.2 Å². The van der Waals surface area contributed by atoms with Crippen molar-refractivity contribution in [2.24, 2.45) is 23.5 Å². The molecule has 1 saturated carbocycles. The molecule has 0 amide bonds. The van der Waals surface area contributed by atoms with Crippen LogP contribution in [-0.2, 0) is 0 Å². The molecule has 1 aliphatic carbocycles. The molecule has 0 aromatic heterocycles. The third-order valence-electron chi connectivity index (χ3n) is 4.10. The van der Waals surface area contributed by atoms with Crippen molar-refractivity contribution in [3.05, 3.63) is 35.1 Å². The average molecular weight is 271 g/mol. The van der Waals surface area contributed by atoms with Gasteiger partial charge in [0.15, 0.2) is 0 Å². The molecule has 0 saturated heterocycles. The normalized spacial score (nSPS) is 29.3. The van der Waals surface area contributed by atoms with Crippen LogP contribution in [0, 0.1) is 35.2 Å². The smallest absolute Gasteiger partial charge is 0.133 e. The van der Waals surface area contributed by atoms with E-state index >= 15 is 0 Å². The standard InChI is InChI=1S/C15H20F3N/c1-8-3-9(2)5-10(4-8)15(19)14-12(17)6-11(16)7-13(14)18/h6-10,15H,3-5,19H2,1-2H3. The Bertz CT molecular complexity index is 428. The van der Waals surface area contributed by atoms with Crippen molar-refractivity contribution in [1.82, 2.24) is 0 Å². The first-order chi connectivity index (χ1) is 8.88. The minimum absolute atomic E-state index is 0.0493. The first-order valence-electron chi connectivity index (χ1n) is 6.78. The molecular formula is C15H20F3N. The SMILES string of the molecule is CC1CC(C)CC(C(N)c2c(F)cc(F)cc2F)C1. The van der Waals surface area contributed by atoms with Crippen LogP contribution < -0.4 is 5.73 Å². The minimum Gasteiger partial charge on any atom is -0.324 e. The first kappa shape index (κ1) is 14.4. The maximum Gasteiger partial charge on any atom is 0.133 e. The second kappa shape index (κ2) is 5.53. The highest BCUT2D eigenvalue weighted by molar-refractivity contribution is 5.24. The van der Waals surface area contributed by atoms with Gasteiger partial charge in [0, 0.05) is 23.7 Å². The second-order valence-electron chi connectivity index (χ2n) is 5.99. The van der Waals surface area contributed by atoms with Crippen LogP contribution in [0.3, 0.4) is 0 Å². The van der Waals surface area contributed by atoms with E-state index in [1.54, 1.807) is 0 Å². The van der Waals surface area contributed by atoms with Gasteiger partial charge in [0.2, 0.25) is 0 Å². The summed E-state index contributed by atoms with van der Waals surface area (Å²) >= 11 is 0. The lowest BCUT2D eigenvalue weighted by molar-refractivity contribution is 0.190. The van der Waals surface area contributed by atoms with Crippen LogP contribution in [0.4, 0.5) is 13.2 Å². The van der Waals surface area contributed by atoms with Crippen LogP contribution in [0.25, 0.3) is 0 Å². The fourth-order valence-corrected chi connectivity index (χ4v) is 3.41. The van der Waals surface area contributed by atoms with Gasteiger partial charge in [-0.2, -0.15) is 0 Å². The third kappa shape index (κ3) is 3.11. The zero-order valence-electron chi connectivity index (χ0n) is 11.3. The van der Waals surface area contributed by atoms with E-state index in [-0.39, 0.29) is 11.5 Å². The number of hydrogen-bond donors (Lipinski definition) is 1. The van der Waals surface area contributed by atoms with Crippen LogP contribution in [0.15, 0.2) is 12.1 Å². The monoisotopic (exact) mass is 271 g/mol. The van der Waals surface area contributed by atoms with Gasteiger partial charge < -0.3 is 5.73 Å². The molecule has 0 heterocycles. The molecule has 0 bridgehead atoms. The summed E-state index contributed by atoms with van der Waals surface area (Å²) in [7, 11) is 0. The Morgan fingerprint density at radius 3 is 1.95 bits per heavy atom. The summed E-state index contributed by atoms with van der Waals surface area (Å²) in [4.78, 5) is 0. The van der Waals surface area contributed by atoms with E-state index in [9.17, 15) is 13.2 Å². The van der Waals surface area contributed by atoms with Crippen molar-refractivity contribution in [2.45, 2.75) is 39.2 Å². The van der Waals surface area contributed by atoms with Crippen LogP contribution in [0.5, 0.6) is 0 Å². The molecule has 3 unspecified atom stereocenters. The Kier molecular flexibility index (Phi) is 4.19. The van der Waals surface area contributed by atoms with Crippen molar-refractivity contribution in [1.29, 1.82) is 0 Å². The lowest BCUT2D eigenvalue weighted by Crippen LogP contribution is -2.30. The second-order valence-corrected chi connectivity index (χ2v) is 5.99. The van der Waals surface area contributed by atoms with Gasteiger partial charge in [-0.3, -0.25) is 0 Å². The van der Waals surface area contributed by atoms with E-state index in [2.05, 4.69) is 13.8 Å². The van der Waals surface area contributed by atoms with Crippen LogP contribution in [-0.4, -0.2) is 0 Å². The van der Waals surface area contributed by atoms with Crippen molar-refractivity contribution in [3.8, 4) is 0 Å². The quantitative estimate of drug-likeness (QED) is 0.858. The fraction of sp³-hybridized carbons (Fsp3) is 0.600. The molecule has 0 radical (unpaired) electrons. The van der Waals surface area contributed by atoms with Crippen molar-refractivity contribution >= 4 is 0 Å². The first-order valence-corrected chi connectivity index (χ1v) is 6.78. The van der Waals surface area contributed by atoms with Gasteiger partial charge in [0.05, 0.1) is 0 Å². The molecule has 4 heteroatoms. The molecule has 0 spiro atoms. The molecule has 1 fully saturated rings. The number of nitrogens with two attached hydrogens (primary N) is 1. The summed E-state index contributed by atoms with van der Waals surface area (Å²) in [6.45, 7) is 4.26. The Morgan fingerprint density at radius 2 is 1.47 bits per heavy atom. The van der Waals surface area contributed by atoms with Gasteiger partial charge in [-0.1, -0.05) is 13.8 Å². The van der Waals surface area contributed by atoms with Gasteiger partial charge in [-0.05, 0) is 37.0 Å². The topological polar surface area (TPSA) is 26.0 Å². The van der Waals surface area contributed by atoms with E-state index < -0.39 is 23.5 Å². The zero-order valence-corrected chi connectivity index (χ0v) is 11.3.